The summed E-state index contributed by atoms with van der Waals surface area (Å²) in [4.78, 5) is 40.1. The highest BCUT2D eigenvalue weighted by atomic mass is 16.4. The van der Waals surface area contributed by atoms with Gasteiger partial charge >= 0.3 is 23.9 Å². The Kier molecular flexibility index (Phi) is 35.3. The predicted molar refractivity (Wildman–Crippen MR) is 165 cm³/mol. The quantitative estimate of drug-likeness (QED) is 0.0929. The van der Waals surface area contributed by atoms with Crippen LogP contribution in [0.5, 0.6) is 0 Å². The topological polar surface area (TPSA) is 253 Å². The van der Waals surface area contributed by atoms with Crippen molar-refractivity contribution in [3.63, 3.8) is 0 Å². The molecule has 1 aromatic carbocycles. The monoisotopic (exact) mass is 600 g/mol. The second-order valence-electron chi connectivity index (χ2n) is 9.62. The Morgan fingerprint density at radius 1 is 0.452 bits per heavy atom. The van der Waals surface area contributed by atoms with Gasteiger partial charge in [-0.3, -0.25) is 19.2 Å². The van der Waals surface area contributed by atoms with E-state index < -0.39 is 23.9 Å². The van der Waals surface area contributed by atoms with Gasteiger partial charge < -0.3 is 43.4 Å². The van der Waals surface area contributed by atoms with Gasteiger partial charge in [-0.1, -0.05) is 62.8 Å². The Labute approximate surface area is 250 Å². The van der Waals surface area contributed by atoms with E-state index in [-0.39, 0.29) is 25.7 Å². The standard InChI is InChI=1S/C10H18O4.C8H12N2.C6H16N2.C6H10O4/c11-9(12)7-5-3-1-2-4-6-8-10(13)14;9-5-7-2-1-3-8(4-7)6-10;7-5-3-1-2-4-6-8;7-5(8)3-1-2-4-6(9)10/h1-8H2,(H,11,12)(H,13,14);1-4H,5-6,9-10H2;1-8H2;1-4H2,(H,7,8)(H,9,10). The smallest absolute Gasteiger partial charge is 0.303 e. The molecule has 0 atom stereocenters. The SMILES string of the molecule is NCCCCCCN.NCc1cccc(CN)c1.O=C(O)CCCCC(=O)O.O=C(O)CCCCCCCCC(=O)O. The number of benzene rings is 1. The average Bonchev–Trinajstić information content (AvgIpc) is 2.95. The molecule has 1 aromatic rings. The summed E-state index contributed by atoms with van der Waals surface area (Å²) in [6, 6.07) is 8.00. The third-order valence-corrected chi connectivity index (χ3v) is 5.68. The maximum Gasteiger partial charge on any atom is 0.303 e. The van der Waals surface area contributed by atoms with E-state index in [1.54, 1.807) is 0 Å². The van der Waals surface area contributed by atoms with Crippen LogP contribution in [-0.2, 0) is 32.3 Å². The summed E-state index contributed by atoms with van der Waals surface area (Å²) in [5.74, 6) is -3.22. The summed E-state index contributed by atoms with van der Waals surface area (Å²) >= 11 is 0. The summed E-state index contributed by atoms with van der Waals surface area (Å²) < 4.78 is 0. The molecule has 0 spiro atoms. The van der Waals surface area contributed by atoms with Crippen LogP contribution in [0.4, 0.5) is 0 Å². The predicted octanol–water partition coefficient (Wildman–Crippen LogP) is 4.06. The van der Waals surface area contributed by atoms with Crippen LogP contribution in [0.3, 0.4) is 0 Å². The second kappa shape index (κ2) is 34.1. The molecule has 42 heavy (non-hydrogen) atoms. The Hall–Kier alpha value is -3.06. The molecule has 0 heterocycles. The van der Waals surface area contributed by atoms with Crippen molar-refractivity contribution in [2.45, 2.75) is 116 Å². The zero-order valence-corrected chi connectivity index (χ0v) is 25.2. The zero-order chi connectivity index (χ0) is 32.4. The average molecular weight is 601 g/mol. The van der Waals surface area contributed by atoms with Crippen molar-refractivity contribution in [1.29, 1.82) is 0 Å². The number of carbonyl (C=O) groups is 4. The molecule has 12 heteroatoms. The highest BCUT2D eigenvalue weighted by Gasteiger charge is 1.99. The number of carboxylic acids is 4. The van der Waals surface area contributed by atoms with E-state index in [0.717, 1.165) is 75.6 Å². The van der Waals surface area contributed by atoms with Gasteiger partial charge in [-0.15, -0.1) is 0 Å². The van der Waals surface area contributed by atoms with Gasteiger partial charge in [-0.05, 0) is 62.7 Å². The molecule has 0 saturated heterocycles. The molecule has 0 bridgehead atoms. The van der Waals surface area contributed by atoms with E-state index in [9.17, 15) is 19.2 Å². The number of nitrogens with two attached hydrogens (primary N) is 4. The first-order chi connectivity index (χ1) is 20.0. The molecular weight excluding hydrogens is 544 g/mol. The Balaban J connectivity index is -0.000000493. The molecule has 0 unspecified atom stereocenters. The van der Waals surface area contributed by atoms with Crippen molar-refractivity contribution < 1.29 is 39.6 Å². The minimum absolute atomic E-state index is 0.0628. The largest absolute Gasteiger partial charge is 0.481 e. The molecule has 0 aliphatic heterocycles. The Bertz CT molecular complexity index is 748. The van der Waals surface area contributed by atoms with E-state index in [4.69, 9.17) is 43.4 Å². The van der Waals surface area contributed by atoms with Gasteiger partial charge in [0.15, 0.2) is 0 Å². The van der Waals surface area contributed by atoms with Crippen LogP contribution in [0.2, 0.25) is 0 Å². The lowest BCUT2D eigenvalue weighted by Gasteiger charge is -1.98. The summed E-state index contributed by atoms with van der Waals surface area (Å²) in [6.07, 6.45) is 11.6. The fraction of sp³-hybridized carbons (Fsp3) is 0.667. The van der Waals surface area contributed by atoms with Crippen molar-refractivity contribution in [2.75, 3.05) is 13.1 Å². The lowest BCUT2D eigenvalue weighted by molar-refractivity contribution is -0.139. The Morgan fingerprint density at radius 3 is 0.976 bits per heavy atom. The minimum atomic E-state index is -0.870. The summed E-state index contributed by atoms with van der Waals surface area (Å²) in [6.45, 7) is 2.83. The van der Waals surface area contributed by atoms with E-state index in [1.165, 1.54) is 12.8 Å². The van der Waals surface area contributed by atoms with E-state index in [1.807, 2.05) is 24.3 Å². The lowest BCUT2D eigenvalue weighted by atomic mass is 10.1. The highest BCUT2D eigenvalue weighted by molar-refractivity contribution is 5.68. The lowest BCUT2D eigenvalue weighted by Crippen LogP contribution is -2.00. The van der Waals surface area contributed by atoms with E-state index in [0.29, 0.717) is 25.9 Å². The van der Waals surface area contributed by atoms with Crippen molar-refractivity contribution in [3.05, 3.63) is 35.4 Å². The number of rotatable bonds is 21. The molecule has 244 valence electrons. The maximum absolute atomic E-state index is 10.1. The number of aliphatic carboxylic acids is 4. The van der Waals surface area contributed by atoms with Crippen LogP contribution in [0.1, 0.15) is 114 Å². The number of hydrogen-bond acceptors (Lipinski definition) is 8. The first-order valence-electron chi connectivity index (χ1n) is 14.8. The molecule has 1 rings (SSSR count). The van der Waals surface area contributed by atoms with Crippen molar-refractivity contribution in [1.82, 2.24) is 0 Å². The normalized spacial score (nSPS) is 9.71. The van der Waals surface area contributed by atoms with Gasteiger partial charge in [0.1, 0.15) is 0 Å². The van der Waals surface area contributed by atoms with Crippen molar-refractivity contribution in [3.8, 4) is 0 Å². The third-order valence-electron chi connectivity index (χ3n) is 5.68. The third kappa shape index (κ3) is 41.4. The number of unbranched alkanes of at least 4 members (excludes halogenated alkanes) is 9. The fourth-order valence-electron chi connectivity index (χ4n) is 3.34. The molecule has 0 aliphatic carbocycles. The Morgan fingerprint density at radius 2 is 0.714 bits per heavy atom. The van der Waals surface area contributed by atoms with E-state index >= 15 is 0 Å². The first kappa shape index (κ1) is 43.4. The number of hydrogen-bond donors (Lipinski definition) is 8. The van der Waals surface area contributed by atoms with Crippen molar-refractivity contribution in [2.24, 2.45) is 22.9 Å². The molecule has 12 N–H and O–H groups in total. The van der Waals surface area contributed by atoms with Gasteiger partial charge in [-0.25, -0.2) is 0 Å². The molecule has 0 radical (unpaired) electrons. The molecular formula is C30H56N4O8. The van der Waals surface area contributed by atoms with Gasteiger partial charge in [0.2, 0.25) is 0 Å². The van der Waals surface area contributed by atoms with Crippen LogP contribution in [0.25, 0.3) is 0 Å². The second-order valence-corrected chi connectivity index (χ2v) is 9.62. The molecule has 0 saturated carbocycles. The molecule has 12 nitrogen and oxygen atoms in total. The van der Waals surface area contributed by atoms with Gasteiger partial charge in [0.05, 0.1) is 0 Å². The van der Waals surface area contributed by atoms with Crippen LogP contribution >= 0.6 is 0 Å². The summed E-state index contributed by atoms with van der Waals surface area (Å²) in [5.41, 5.74) is 23.7. The summed E-state index contributed by atoms with van der Waals surface area (Å²) in [5, 5.41) is 33.0. The molecule has 0 aromatic heterocycles. The highest BCUT2D eigenvalue weighted by Crippen LogP contribution is 2.08. The molecule has 0 aliphatic rings. The van der Waals surface area contributed by atoms with Gasteiger partial charge in [0.25, 0.3) is 0 Å². The molecule has 0 amide bonds. The minimum Gasteiger partial charge on any atom is -0.481 e. The van der Waals surface area contributed by atoms with Gasteiger partial charge in [0, 0.05) is 38.8 Å². The van der Waals surface area contributed by atoms with Crippen LogP contribution in [0.15, 0.2) is 24.3 Å². The van der Waals surface area contributed by atoms with Gasteiger partial charge in [-0.2, -0.15) is 0 Å². The maximum atomic E-state index is 10.1. The molecule has 0 fully saturated rings. The van der Waals surface area contributed by atoms with E-state index in [2.05, 4.69) is 0 Å². The van der Waals surface area contributed by atoms with Crippen LogP contribution < -0.4 is 22.9 Å². The zero-order valence-electron chi connectivity index (χ0n) is 25.2. The van der Waals surface area contributed by atoms with Crippen LogP contribution in [0, 0.1) is 0 Å². The number of carboxylic acid groups (broad SMARTS) is 4. The first-order valence-corrected chi connectivity index (χ1v) is 14.8. The van der Waals surface area contributed by atoms with Crippen molar-refractivity contribution >= 4 is 23.9 Å². The summed E-state index contributed by atoms with van der Waals surface area (Å²) in [7, 11) is 0. The van der Waals surface area contributed by atoms with Crippen LogP contribution in [-0.4, -0.2) is 57.4 Å². The fourth-order valence-corrected chi connectivity index (χ4v) is 3.34.